The first-order valence-corrected chi connectivity index (χ1v) is 7.45. The van der Waals surface area contributed by atoms with Crippen LogP contribution in [-0.4, -0.2) is 35.7 Å². The van der Waals surface area contributed by atoms with Crippen molar-refractivity contribution in [2.45, 2.75) is 23.8 Å². The number of thioether (sulfide) groups is 1. The largest absolute Gasteiger partial charge is 0.338 e. The summed E-state index contributed by atoms with van der Waals surface area (Å²) in [6.07, 6.45) is 2.10. The van der Waals surface area contributed by atoms with E-state index in [1.54, 1.807) is 11.8 Å². The third-order valence-electron chi connectivity index (χ3n) is 3.15. The van der Waals surface area contributed by atoms with Gasteiger partial charge in [0.15, 0.2) is 0 Å². The summed E-state index contributed by atoms with van der Waals surface area (Å²) in [5.41, 5.74) is 5.67. The van der Waals surface area contributed by atoms with E-state index in [1.807, 2.05) is 29.2 Å². The molecule has 1 unspecified atom stereocenters. The Morgan fingerprint density at radius 3 is 2.74 bits per heavy atom. The molecule has 0 bridgehead atoms. The first-order valence-electron chi connectivity index (χ1n) is 6.08. The van der Waals surface area contributed by atoms with Crippen LogP contribution in [0.25, 0.3) is 0 Å². The highest BCUT2D eigenvalue weighted by atomic mass is 35.5. The third-order valence-corrected chi connectivity index (χ3v) is 4.39. The number of halogens is 2. The second-order valence-electron chi connectivity index (χ2n) is 4.36. The lowest BCUT2D eigenvalue weighted by Gasteiger charge is -2.23. The van der Waals surface area contributed by atoms with Crippen LogP contribution in [0.4, 0.5) is 0 Å². The second kappa shape index (κ2) is 8.00. The Balaban J connectivity index is 0.00000180. The van der Waals surface area contributed by atoms with E-state index >= 15 is 0 Å². The molecule has 1 saturated heterocycles. The highest BCUT2D eigenvalue weighted by Gasteiger charge is 2.27. The summed E-state index contributed by atoms with van der Waals surface area (Å²) in [6.45, 7) is 1.42. The molecule has 6 heteroatoms. The van der Waals surface area contributed by atoms with Crippen LogP contribution in [0.15, 0.2) is 29.2 Å². The number of likely N-dealkylation sites (tertiary alicyclic amines) is 1. The van der Waals surface area contributed by atoms with Crippen molar-refractivity contribution in [3.8, 4) is 0 Å². The molecule has 19 heavy (non-hydrogen) atoms. The average molecular weight is 321 g/mol. The first kappa shape index (κ1) is 16.6. The van der Waals surface area contributed by atoms with Gasteiger partial charge >= 0.3 is 0 Å². The van der Waals surface area contributed by atoms with Crippen LogP contribution >= 0.6 is 35.8 Å². The number of rotatable bonds is 4. The van der Waals surface area contributed by atoms with Gasteiger partial charge in [0.2, 0.25) is 5.91 Å². The van der Waals surface area contributed by atoms with E-state index < -0.39 is 0 Å². The molecular weight excluding hydrogens is 303 g/mol. The lowest BCUT2D eigenvalue weighted by molar-refractivity contribution is -0.128. The van der Waals surface area contributed by atoms with E-state index in [1.165, 1.54) is 0 Å². The molecule has 106 valence electrons. The molecular formula is C13H18Cl2N2OS. The molecule has 0 spiro atoms. The van der Waals surface area contributed by atoms with Crippen molar-refractivity contribution in [2.24, 2.45) is 5.73 Å². The maximum Gasteiger partial charge on any atom is 0.233 e. The molecule has 1 aliphatic rings. The number of benzene rings is 1. The lowest BCUT2D eigenvalue weighted by atomic mass is 10.2. The van der Waals surface area contributed by atoms with E-state index in [9.17, 15) is 4.79 Å². The summed E-state index contributed by atoms with van der Waals surface area (Å²) in [7, 11) is 0. The number of nitrogens with zero attached hydrogens (tertiary/aromatic N) is 1. The standard InChI is InChI=1S/C13H17ClN2OS.ClH/c14-10-3-5-12(6-4-10)18-9-13(17)16-7-1-2-11(16)8-15;/h3-6,11H,1-2,7-9,15H2;1H. The molecule has 2 N–H and O–H groups in total. The predicted molar refractivity (Wildman–Crippen MR) is 83.2 cm³/mol. The Bertz CT molecular complexity index is 414. The van der Waals surface area contributed by atoms with Gasteiger partial charge in [-0.2, -0.15) is 0 Å². The summed E-state index contributed by atoms with van der Waals surface area (Å²) in [5, 5.41) is 0.716. The first-order chi connectivity index (χ1) is 8.70. The molecule has 1 amide bonds. The van der Waals surface area contributed by atoms with Crippen LogP contribution in [-0.2, 0) is 4.79 Å². The fraction of sp³-hybridized carbons (Fsp3) is 0.462. The van der Waals surface area contributed by atoms with Crippen molar-refractivity contribution in [3.63, 3.8) is 0 Å². The predicted octanol–water partition coefficient (Wildman–Crippen LogP) is 2.80. The second-order valence-corrected chi connectivity index (χ2v) is 5.85. The summed E-state index contributed by atoms with van der Waals surface area (Å²) in [4.78, 5) is 15.1. The van der Waals surface area contributed by atoms with E-state index in [0.717, 1.165) is 24.3 Å². The molecule has 0 aliphatic carbocycles. The van der Waals surface area contributed by atoms with E-state index in [0.29, 0.717) is 17.3 Å². The van der Waals surface area contributed by atoms with Gasteiger partial charge in [-0.25, -0.2) is 0 Å². The summed E-state index contributed by atoms with van der Waals surface area (Å²) >= 11 is 7.36. The minimum absolute atomic E-state index is 0. The number of carbonyl (C=O) groups is 1. The van der Waals surface area contributed by atoms with Crippen LogP contribution in [0.1, 0.15) is 12.8 Å². The molecule has 1 aliphatic heterocycles. The molecule has 2 rings (SSSR count). The zero-order valence-electron chi connectivity index (χ0n) is 10.5. The fourth-order valence-corrected chi connectivity index (χ4v) is 3.08. The minimum atomic E-state index is 0. The molecule has 1 atom stereocenters. The Morgan fingerprint density at radius 1 is 1.42 bits per heavy atom. The molecule has 1 heterocycles. The topological polar surface area (TPSA) is 46.3 Å². The maximum absolute atomic E-state index is 12.1. The average Bonchev–Trinajstić information content (AvgIpc) is 2.86. The highest BCUT2D eigenvalue weighted by Crippen LogP contribution is 2.23. The van der Waals surface area contributed by atoms with Gasteiger partial charge < -0.3 is 10.6 Å². The summed E-state index contributed by atoms with van der Waals surface area (Å²) < 4.78 is 0. The Hall–Kier alpha value is -0.420. The van der Waals surface area contributed by atoms with Gasteiger partial charge in [-0.15, -0.1) is 24.2 Å². The Morgan fingerprint density at radius 2 is 2.11 bits per heavy atom. The van der Waals surface area contributed by atoms with Gasteiger partial charge in [-0.05, 0) is 37.1 Å². The monoisotopic (exact) mass is 320 g/mol. The van der Waals surface area contributed by atoms with E-state index in [-0.39, 0.29) is 24.4 Å². The molecule has 0 aromatic heterocycles. The minimum Gasteiger partial charge on any atom is -0.338 e. The number of amides is 1. The van der Waals surface area contributed by atoms with Crippen LogP contribution in [0.3, 0.4) is 0 Å². The van der Waals surface area contributed by atoms with Crippen LogP contribution in [0.2, 0.25) is 5.02 Å². The van der Waals surface area contributed by atoms with E-state index in [4.69, 9.17) is 17.3 Å². The Labute approximate surface area is 129 Å². The smallest absolute Gasteiger partial charge is 0.233 e. The molecule has 1 aromatic rings. The van der Waals surface area contributed by atoms with Crippen molar-refractivity contribution in [2.75, 3.05) is 18.8 Å². The molecule has 1 fully saturated rings. The van der Waals surface area contributed by atoms with Crippen LogP contribution < -0.4 is 5.73 Å². The number of carbonyl (C=O) groups excluding carboxylic acids is 1. The molecule has 1 aromatic carbocycles. The fourth-order valence-electron chi connectivity index (χ4n) is 2.17. The van der Waals surface area contributed by atoms with Crippen molar-refractivity contribution >= 4 is 41.7 Å². The SMILES string of the molecule is Cl.NCC1CCCN1C(=O)CSc1ccc(Cl)cc1. The van der Waals surface area contributed by atoms with Gasteiger partial charge in [0.05, 0.1) is 5.75 Å². The lowest BCUT2D eigenvalue weighted by Crippen LogP contribution is -2.40. The van der Waals surface area contributed by atoms with Crippen molar-refractivity contribution < 1.29 is 4.79 Å². The maximum atomic E-state index is 12.1. The van der Waals surface area contributed by atoms with Crippen LogP contribution in [0, 0.1) is 0 Å². The number of nitrogens with two attached hydrogens (primary N) is 1. The van der Waals surface area contributed by atoms with Gasteiger partial charge in [-0.3, -0.25) is 4.79 Å². The van der Waals surface area contributed by atoms with Gasteiger partial charge in [0.25, 0.3) is 0 Å². The van der Waals surface area contributed by atoms with Crippen molar-refractivity contribution in [3.05, 3.63) is 29.3 Å². The van der Waals surface area contributed by atoms with Gasteiger partial charge in [-0.1, -0.05) is 11.6 Å². The van der Waals surface area contributed by atoms with E-state index in [2.05, 4.69) is 0 Å². The summed E-state index contributed by atoms with van der Waals surface area (Å²) in [6, 6.07) is 7.79. The molecule has 3 nitrogen and oxygen atoms in total. The van der Waals surface area contributed by atoms with Gasteiger partial charge in [0, 0.05) is 29.0 Å². The summed E-state index contributed by atoms with van der Waals surface area (Å²) in [5.74, 6) is 0.654. The van der Waals surface area contributed by atoms with Gasteiger partial charge in [0.1, 0.15) is 0 Å². The molecule has 0 saturated carbocycles. The zero-order valence-corrected chi connectivity index (χ0v) is 12.9. The number of hydrogen-bond donors (Lipinski definition) is 1. The molecule has 0 radical (unpaired) electrons. The quantitative estimate of drug-likeness (QED) is 0.868. The number of hydrogen-bond acceptors (Lipinski definition) is 3. The van der Waals surface area contributed by atoms with Crippen LogP contribution in [0.5, 0.6) is 0 Å². The highest BCUT2D eigenvalue weighted by molar-refractivity contribution is 8.00. The zero-order chi connectivity index (χ0) is 13.0. The van der Waals surface area contributed by atoms with Crippen molar-refractivity contribution in [1.29, 1.82) is 0 Å². The third kappa shape index (κ3) is 4.56. The van der Waals surface area contributed by atoms with Crippen molar-refractivity contribution in [1.82, 2.24) is 4.90 Å². The normalized spacial score (nSPS) is 18.2. The Kier molecular flexibility index (Phi) is 7.00.